The van der Waals surface area contributed by atoms with Crippen LogP contribution in [0, 0.1) is 0 Å². The number of hydrogen-bond acceptors (Lipinski definition) is 4. The maximum absolute atomic E-state index is 11.3. The van der Waals surface area contributed by atoms with Crippen molar-refractivity contribution in [3.63, 3.8) is 0 Å². The van der Waals surface area contributed by atoms with Crippen LogP contribution in [-0.4, -0.2) is 16.9 Å². The number of hydrogen-bond donors (Lipinski definition) is 1. The van der Waals surface area contributed by atoms with Crippen molar-refractivity contribution >= 4 is 6.16 Å². The molecule has 0 spiro atoms. The van der Waals surface area contributed by atoms with Gasteiger partial charge in [-0.15, -0.1) is 0 Å². The molecule has 0 aromatic heterocycles. The van der Waals surface area contributed by atoms with Gasteiger partial charge in [-0.1, -0.05) is 12.1 Å². The van der Waals surface area contributed by atoms with Crippen molar-refractivity contribution in [3.8, 4) is 5.75 Å². The normalized spacial score (nSPS) is 11.0. The molecule has 0 aliphatic rings. The summed E-state index contributed by atoms with van der Waals surface area (Å²) in [5.74, 6) is 0.395. The van der Waals surface area contributed by atoms with Crippen LogP contribution in [0.2, 0.25) is 0 Å². The molecular formula is C12H16O4. The molecule has 0 radical (unpaired) electrons. The van der Waals surface area contributed by atoms with Gasteiger partial charge in [0.15, 0.2) is 0 Å². The average molecular weight is 224 g/mol. The Morgan fingerprint density at radius 2 is 1.81 bits per heavy atom. The van der Waals surface area contributed by atoms with Crippen LogP contribution in [0.1, 0.15) is 26.3 Å². The number of aliphatic hydroxyl groups is 1. The molecule has 0 saturated carbocycles. The molecule has 0 atom stereocenters. The third-order valence-electron chi connectivity index (χ3n) is 1.70. The van der Waals surface area contributed by atoms with Crippen molar-refractivity contribution in [2.24, 2.45) is 0 Å². The quantitative estimate of drug-likeness (QED) is 0.619. The van der Waals surface area contributed by atoms with Crippen LogP contribution >= 0.6 is 0 Å². The molecule has 0 aliphatic heterocycles. The van der Waals surface area contributed by atoms with Crippen LogP contribution in [0.15, 0.2) is 24.3 Å². The Balaban J connectivity index is 2.56. The van der Waals surface area contributed by atoms with E-state index >= 15 is 0 Å². The fourth-order valence-corrected chi connectivity index (χ4v) is 1.03. The molecule has 0 fully saturated rings. The lowest BCUT2D eigenvalue weighted by molar-refractivity contribution is 0.0206. The minimum atomic E-state index is -0.732. The number of carbonyl (C=O) groups is 1. The summed E-state index contributed by atoms with van der Waals surface area (Å²) in [6.07, 6.45) is -0.732. The first-order chi connectivity index (χ1) is 7.40. The van der Waals surface area contributed by atoms with Crippen molar-refractivity contribution in [1.29, 1.82) is 0 Å². The highest BCUT2D eigenvalue weighted by Gasteiger charge is 2.17. The van der Waals surface area contributed by atoms with Gasteiger partial charge >= 0.3 is 6.16 Å². The van der Waals surface area contributed by atoms with Crippen LogP contribution in [0.25, 0.3) is 0 Å². The summed E-state index contributed by atoms with van der Waals surface area (Å²) >= 11 is 0. The molecule has 16 heavy (non-hydrogen) atoms. The van der Waals surface area contributed by atoms with Crippen LogP contribution in [-0.2, 0) is 11.3 Å². The van der Waals surface area contributed by atoms with E-state index in [1.807, 2.05) is 0 Å². The summed E-state index contributed by atoms with van der Waals surface area (Å²) in [7, 11) is 0. The van der Waals surface area contributed by atoms with Crippen molar-refractivity contribution < 1.29 is 19.4 Å². The Morgan fingerprint density at radius 1 is 1.25 bits per heavy atom. The summed E-state index contributed by atoms with van der Waals surface area (Å²) in [6, 6.07) is 6.57. The first-order valence-electron chi connectivity index (χ1n) is 5.01. The van der Waals surface area contributed by atoms with Crippen LogP contribution < -0.4 is 4.74 Å². The molecular weight excluding hydrogens is 208 g/mol. The zero-order valence-corrected chi connectivity index (χ0v) is 9.69. The Bertz CT molecular complexity index is 348. The Hall–Kier alpha value is -1.55. The smallest absolute Gasteiger partial charge is 0.428 e. The molecule has 1 rings (SSSR count). The summed E-state index contributed by atoms with van der Waals surface area (Å²) in [5, 5.41) is 8.83. The maximum atomic E-state index is 11.3. The van der Waals surface area contributed by atoms with Crippen LogP contribution in [0.5, 0.6) is 5.75 Å². The van der Waals surface area contributed by atoms with E-state index in [-0.39, 0.29) is 6.61 Å². The van der Waals surface area contributed by atoms with Crippen LogP contribution in [0.3, 0.4) is 0 Å². The fourth-order valence-electron chi connectivity index (χ4n) is 1.03. The molecule has 0 unspecified atom stereocenters. The third-order valence-corrected chi connectivity index (χ3v) is 1.70. The highest BCUT2D eigenvalue weighted by Crippen LogP contribution is 2.15. The van der Waals surface area contributed by atoms with E-state index in [9.17, 15) is 4.79 Å². The second kappa shape index (κ2) is 4.99. The largest absolute Gasteiger partial charge is 0.514 e. The summed E-state index contributed by atoms with van der Waals surface area (Å²) in [4.78, 5) is 11.3. The zero-order chi connectivity index (χ0) is 12.2. The van der Waals surface area contributed by atoms with E-state index < -0.39 is 11.8 Å². The zero-order valence-electron chi connectivity index (χ0n) is 9.69. The second-order valence-electron chi connectivity index (χ2n) is 4.37. The summed E-state index contributed by atoms with van der Waals surface area (Å²) < 4.78 is 9.93. The minimum absolute atomic E-state index is 0.0350. The van der Waals surface area contributed by atoms with Gasteiger partial charge in [0.1, 0.15) is 11.4 Å². The molecule has 1 aromatic rings. The number of benzene rings is 1. The average Bonchev–Trinajstić information content (AvgIpc) is 2.16. The molecule has 4 heteroatoms. The van der Waals surface area contributed by atoms with Gasteiger partial charge in [-0.05, 0) is 38.5 Å². The van der Waals surface area contributed by atoms with Crippen molar-refractivity contribution in [1.82, 2.24) is 0 Å². The molecule has 0 amide bonds. The number of aliphatic hydroxyl groups excluding tert-OH is 1. The van der Waals surface area contributed by atoms with Gasteiger partial charge in [0, 0.05) is 0 Å². The number of rotatable bonds is 2. The molecule has 88 valence electrons. The Labute approximate surface area is 94.8 Å². The van der Waals surface area contributed by atoms with Gasteiger partial charge in [-0.2, -0.15) is 0 Å². The van der Waals surface area contributed by atoms with Gasteiger partial charge < -0.3 is 14.6 Å². The monoisotopic (exact) mass is 224 g/mol. The summed E-state index contributed by atoms with van der Waals surface area (Å²) in [5.41, 5.74) is 0.193. The van der Waals surface area contributed by atoms with Gasteiger partial charge in [-0.3, -0.25) is 0 Å². The highest BCUT2D eigenvalue weighted by molar-refractivity contribution is 5.64. The standard InChI is InChI=1S/C12H16O4/c1-12(2,3)16-11(14)15-10-6-4-9(8-13)5-7-10/h4-7,13H,8H2,1-3H3. The third kappa shape index (κ3) is 4.31. The van der Waals surface area contributed by atoms with Gasteiger partial charge in [0.25, 0.3) is 0 Å². The van der Waals surface area contributed by atoms with E-state index in [2.05, 4.69) is 0 Å². The lowest BCUT2D eigenvalue weighted by Crippen LogP contribution is -2.25. The molecule has 0 aliphatic carbocycles. The second-order valence-corrected chi connectivity index (χ2v) is 4.37. The predicted molar refractivity (Wildman–Crippen MR) is 59.2 cm³/mol. The first-order valence-corrected chi connectivity index (χ1v) is 5.01. The SMILES string of the molecule is CC(C)(C)OC(=O)Oc1ccc(CO)cc1. The van der Waals surface area contributed by atoms with E-state index in [0.29, 0.717) is 5.75 Å². The van der Waals surface area contributed by atoms with Gasteiger partial charge in [0.2, 0.25) is 0 Å². The lowest BCUT2D eigenvalue weighted by Gasteiger charge is -2.18. The van der Waals surface area contributed by atoms with Gasteiger partial charge in [-0.25, -0.2) is 4.79 Å². The van der Waals surface area contributed by atoms with E-state index in [0.717, 1.165) is 5.56 Å². The molecule has 1 N–H and O–H groups in total. The predicted octanol–water partition coefficient (Wildman–Crippen LogP) is 2.49. The number of carbonyl (C=O) groups excluding carboxylic acids is 1. The molecule has 4 nitrogen and oxygen atoms in total. The number of ether oxygens (including phenoxy) is 2. The maximum Gasteiger partial charge on any atom is 0.514 e. The summed E-state index contributed by atoms with van der Waals surface area (Å²) in [6.45, 7) is 5.27. The molecule has 0 saturated heterocycles. The van der Waals surface area contributed by atoms with Crippen LogP contribution in [0.4, 0.5) is 4.79 Å². The molecule has 0 bridgehead atoms. The Morgan fingerprint density at radius 3 is 2.25 bits per heavy atom. The topological polar surface area (TPSA) is 55.8 Å². The Kier molecular flexibility index (Phi) is 3.90. The molecule has 1 aromatic carbocycles. The highest BCUT2D eigenvalue weighted by atomic mass is 16.7. The molecule has 0 heterocycles. The van der Waals surface area contributed by atoms with E-state index in [1.54, 1.807) is 45.0 Å². The van der Waals surface area contributed by atoms with E-state index in [1.165, 1.54) is 0 Å². The van der Waals surface area contributed by atoms with Crippen molar-refractivity contribution in [3.05, 3.63) is 29.8 Å². The van der Waals surface area contributed by atoms with Gasteiger partial charge in [0.05, 0.1) is 6.61 Å². The lowest BCUT2D eigenvalue weighted by atomic mass is 10.2. The first kappa shape index (κ1) is 12.5. The van der Waals surface area contributed by atoms with E-state index in [4.69, 9.17) is 14.6 Å². The van der Waals surface area contributed by atoms with Crippen molar-refractivity contribution in [2.45, 2.75) is 33.0 Å². The minimum Gasteiger partial charge on any atom is -0.428 e. The van der Waals surface area contributed by atoms with Crippen molar-refractivity contribution in [2.75, 3.05) is 0 Å². The fraction of sp³-hybridized carbons (Fsp3) is 0.417.